The molecule has 10 nitrogen and oxygen atoms in total. The zero-order valence-corrected chi connectivity index (χ0v) is 26.9. The molecule has 2 aromatic rings. The summed E-state index contributed by atoms with van der Waals surface area (Å²) in [7, 11) is -5.49. The van der Waals surface area contributed by atoms with Crippen LogP contribution in [0, 0.1) is 22.7 Å². The van der Waals surface area contributed by atoms with Crippen molar-refractivity contribution in [2.45, 2.75) is 73.0 Å². The van der Waals surface area contributed by atoms with E-state index in [0.29, 0.717) is 29.2 Å². The molecule has 1 fully saturated rings. The number of fused-ring (bicyclic) bond motifs is 1. The molecule has 43 heavy (non-hydrogen) atoms. The fourth-order valence-corrected chi connectivity index (χ4v) is 6.06. The first kappa shape index (κ1) is 34.8. The van der Waals surface area contributed by atoms with Gasteiger partial charge in [-0.05, 0) is 89.8 Å². The lowest BCUT2D eigenvalue weighted by Gasteiger charge is -2.27. The van der Waals surface area contributed by atoms with Gasteiger partial charge >= 0.3 is 25.2 Å². The highest BCUT2D eigenvalue weighted by Crippen LogP contribution is 2.67. The maximum Gasteiger partial charge on any atom is 0.410 e. The monoisotopic (exact) mass is 645 g/mol. The molecule has 1 heterocycles. The molecular formula is C29H38F2NO9PS. The van der Waals surface area contributed by atoms with Gasteiger partial charge < -0.3 is 19.6 Å². The lowest BCUT2D eigenvalue weighted by molar-refractivity contribution is -0.163. The molecule has 1 aromatic carbocycles. The second-order valence-electron chi connectivity index (χ2n) is 12.7. The Morgan fingerprint density at radius 2 is 1.56 bits per heavy atom. The summed E-state index contributed by atoms with van der Waals surface area (Å²) in [6.07, 6.45) is 2.21. The van der Waals surface area contributed by atoms with Gasteiger partial charge in [-0.2, -0.15) is 8.78 Å². The Morgan fingerprint density at radius 1 is 1.02 bits per heavy atom. The molecule has 0 saturated heterocycles. The van der Waals surface area contributed by atoms with Crippen LogP contribution >= 0.6 is 18.9 Å². The van der Waals surface area contributed by atoms with E-state index in [9.17, 15) is 23.7 Å². The third-order valence-electron chi connectivity index (χ3n) is 6.80. The van der Waals surface area contributed by atoms with Crippen LogP contribution in [0.3, 0.4) is 0 Å². The summed E-state index contributed by atoms with van der Waals surface area (Å²) in [5.41, 5.74) is -7.05. The van der Waals surface area contributed by atoms with Crippen LogP contribution in [0.1, 0.15) is 76.5 Å². The Kier molecular flexibility index (Phi) is 10.6. The van der Waals surface area contributed by atoms with E-state index < -0.39 is 67.1 Å². The first-order chi connectivity index (χ1) is 19.8. The molecule has 1 amide bonds. The summed E-state index contributed by atoms with van der Waals surface area (Å²) in [6.45, 7) is 9.03. The minimum Gasteiger partial charge on any atom is -0.438 e. The van der Waals surface area contributed by atoms with E-state index in [2.05, 4.69) is 12.2 Å². The van der Waals surface area contributed by atoms with Crippen LogP contribution in [0.2, 0.25) is 0 Å². The first-order valence-electron chi connectivity index (χ1n) is 13.7. The number of aldehydes is 1. The Labute approximate surface area is 253 Å². The van der Waals surface area contributed by atoms with Crippen molar-refractivity contribution >= 4 is 53.2 Å². The van der Waals surface area contributed by atoms with Gasteiger partial charge in [0.15, 0.2) is 0 Å². The minimum absolute atomic E-state index is 0.199. The number of alkyl halides is 2. The number of thiophene rings is 1. The zero-order valence-electron chi connectivity index (χ0n) is 25.2. The fraction of sp³-hybridized carbons (Fsp3) is 0.586. The molecule has 238 valence electrons. The number of carbonyl (C=O) groups excluding carboxylic acids is 4. The molecule has 0 bridgehead atoms. The molecule has 1 aromatic heterocycles. The van der Waals surface area contributed by atoms with Gasteiger partial charge in [0.05, 0.1) is 21.7 Å². The molecule has 3 atom stereocenters. The third kappa shape index (κ3) is 8.68. The molecular weight excluding hydrogens is 607 g/mol. The van der Waals surface area contributed by atoms with Gasteiger partial charge in [0.2, 0.25) is 13.6 Å². The Morgan fingerprint density at radius 3 is 2.02 bits per heavy atom. The van der Waals surface area contributed by atoms with Crippen LogP contribution in [0.5, 0.6) is 0 Å². The van der Waals surface area contributed by atoms with Crippen LogP contribution in [0.25, 0.3) is 10.1 Å². The average Bonchev–Trinajstić information content (AvgIpc) is 3.42. The molecule has 1 saturated carbocycles. The first-order valence-corrected chi connectivity index (χ1v) is 16.1. The summed E-state index contributed by atoms with van der Waals surface area (Å²) in [6, 6.07) is 4.09. The number of hydrogen-bond donors (Lipinski definition) is 1. The van der Waals surface area contributed by atoms with Gasteiger partial charge in [0, 0.05) is 10.3 Å². The van der Waals surface area contributed by atoms with Crippen molar-refractivity contribution in [3.63, 3.8) is 0 Å². The van der Waals surface area contributed by atoms with Gasteiger partial charge in [-0.1, -0.05) is 13.0 Å². The molecule has 2 unspecified atom stereocenters. The standard InChI is InChI=1S/C29H38F2NO9PS/c1-17-10-18(17)12-21(14-33)32-24(34)23-13-19-11-20(8-9-22(19)43-23)29(30,31)42(37,40-15-38-25(35)27(2,3)4)41-16-39-26(36)28(5,6)7/h8-9,11,13-14,17-18,21H,10,12,15-16H2,1-7H3,(H,32,34)/t17?,18?,21-/m0/s1. The molecule has 3 rings (SSSR count). The van der Waals surface area contributed by atoms with E-state index in [4.69, 9.17) is 18.5 Å². The Hall–Kier alpha value is -2.73. The van der Waals surface area contributed by atoms with E-state index in [-0.39, 0.29) is 10.3 Å². The van der Waals surface area contributed by atoms with Crippen LogP contribution in [0.15, 0.2) is 24.3 Å². The highest BCUT2D eigenvalue weighted by atomic mass is 32.1. The number of amides is 1. The van der Waals surface area contributed by atoms with Gasteiger partial charge in [-0.15, -0.1) is 11.3 Å². The van der Waals surface area contributed by atoms with Crippen molar-refractivity contribution in [2.75, 3.05) is 13.6 Å². The van der Waals surface area contributed by atoms with Gasteiger partial charge in [-0.25, -0.2) is 0 Å². The number of nitrogens with one attached hydrogen (secondary N) is 1. The Balaban J connectivity index is 1.83. The summed E-state index contributed by atoms with van der Waals surface area (Å²) >= 11 is 1.04. The maximum absolute atomic E-state index is 15.9. The quantitative estimate of drug-likeness (QED) is 0.110. The van der Waals surface area contributed by atoms with Gasteiger partial charge in [-0.3, -0.25) is 28.0 Å². The number of rotatable bonds is 13. The van der Waals surface area contributed by atoms with Crippen LogP contribution < -0.4 is 5.32 Å². The lowest BCUT2D eigenvalue weighted by atomic mass is 9.98. The molecule has 1 aliphatic carbocycles. The van der Waals surface area contributed by atoms with Crippen molar-refractivity contribution in [3.8, 4) is 0 Å². The molecule has 0 radical (unpaired) electrons. The number of halogens is 2. The van der Waals surface area contributed by atoms with E-state index in [0.717, 1.165) is 29.9 Å². The largest absolute Gasteiger partial charge is 0.438 e. The molecule has 1 aliphatic rings. The summed E-state index contributed by atoms with van der Waals surface area (Å²) in [5, 5.41) is 2.92. The van der Waals surface area contributed by atoms with Crippen LogP contribution in [0.4, 0.5) is 8.78 Å². The third-order valence-corrected chi connectivity index (χ3v) is 9.75. The number of esters is 2. The van der Waals surface area contributed by atoms with Crippen molar-refractivity contribution in [3.05, 3.63) is 34.7 Å². The SMILES string of the molecule is CC1CC1C[C@@H](C=O)NC(=O)c1cc2cc(C(F)(F)P(=O)(OCOC(=O)C(C)(C)C)OCOC(=O)C(C)(C)C)ccc2s1. The van der Waals surface area contributed by atoms with E-state index in [1.807, 2.05) is 0 Å². The van der Waals surface area contributed by atoms with Gasteiger partial charge in [0.1, 0.15) is 6.29 Å². The van der Waals surface area contributed by atoms with E-state index in [1.165, 1.54) is 53.7 Å². The molecule has 1 N–H and O–H groups in total. The predicted molar refractivity (Wildman–Crippen MR) is 156 cm³/mol. The normalized spacial score (nSPS) is 18.2. The maximum atomic E-state index is 15.9. The second-order valence-corrected chi connectivity index (χ2v) is 15.8. The predicted octanol–water partition coefficient (Wildman–Crippen LogP) is 6.61. The summed E-state index contributed by atoms with van der Waals surface area (Å²) in [4.78, 5) is 48.7. The number of benzene rings is 1. The van der Waals surface area contributed by atoms with Crippen molar-refractivity contribution in [1.29, 1.82) is 0 Å². The number of hydrogen-bond acceptors (Lipinski definition) is 10. The minimum atomic E-state index is -5.49. The van der Waals surface area contributed by atoms with Crippen molar-refractivity contribution < 1.29 is 51.0 Å². The summed E-state index contributed by atoms with van der Waals surface area (Å²) < 4.78 is 65.3. The summed E-state index contributed by atoms with van der Waals surface area (Å²) in [5.74, 6) is -1.23. The topological polar surface area (TPSA) is 134 Å². The molecule has 0 spiro atoms. The molecule has 14 heteroatoms. The van der Waals surface area contributed by atoms with Crippen LogP contribution in [-0.4, -0.2) is 43.8 Å². The fourth-order valence-electron chi connectivity index (χ4n) is 3.87. The van der Waals surface area contributed by atoms with Gasteiger partial charge in [0.25, 0.3) is 5.91 Å². The van der Waals surface area contributed by atoms with Crippen molar-refractivity contribution in [2.24, 2.45) is 22.7 Å². The second kappa shape index (κ2) is 13.1. The number of carbonyl (C=O) groups is 4. The zero-order chi connectivity index (χ0) is 32.4. The number of ether oxygens (including phenoxy) is 2. The van der Waals surface area contributed by atoms with Crippen molar-refractivity contribution in [1.82, 2.24) is 5.32 Å². The average molecular weight is 646 g/mol. The highest BCUT2D eigenvalue weighted by Gasteiger charge is 2.56. The lowest BCUT2D eigenvalue weighted by Crippen LogP contribution is -2.36. The Bertz CT molecular complexity index is 1380. The van der Waals surface area contributed by atoms with E-state index >= 15 is 8.78 Å². The van der Waals surface area contributed by atoms with Crippen LogP contribution in [-0.2, 0) is 43.1 Å². The molecule has 0 aliphatic heterocycles. The van der Waals surface area contributed by atoms with E-state index in [1.54, 1.807) is 0 Å². The highest BCUT2D eigenvalue weighted by molar-refractivity contribution is 7.54. The smallest absolute Gasteiger partial charge is 0.410 e.